The van der Waals surface area contributed by atoms with Crippen LogP contribution >= 0.6 is 39.3 Å². The lowest BCUT2D eigenvalue weighted by atomic mass is 10.2. The van der Waals surface area contributed by atoms with Gasteiger partial charge in [0.1, 0.15) is 0 Å². The number of rotatable bonds is 8. The van der Waals surface area contributed by atoms with Gasteiger partial charge in [0, 0.05) is 5.88 Å². The van der Waals surface area contributed by atoms with Gasteiger partial charge < -0.3 is 9.47 Å². The average Bonchev–Trinajstić information content (AvgIpc) is 2.37. The van der Waals surface area contributed by atoms with Crippen molar-refractivity contribution in [3.05, 3.63) is 22.2 Å². The molecule has 2 nitrogen and oxygen atoms in total. The Bertz CT molecular complexity index is 374. The summed E-state index contributed by atoms with van der Waals surface area (Å²) in [7, 11) is 0. The molecule has 0 amide bonds. The van der Waals surface area contributed by atoms with E-state index in [1.165, 1.54) is 0 Å². The highest BCUT2D eigenvalue weighted by Gasteiger charge is 2.11. The third-order valence-electron chi connectivity index (χ3n) is 2.26. The molecule has 0 spiro atoms. The van der Waals surface area contributed by atoms with E-state index in [1.807, 2.05) is 30.8 Å². The van der Waals surface area contributed by atoms with E-state index in [2.05, 4.69) is 22.2 Å². The van der Waals surface area contributed by atoms with Crippen molar-refractivity contribution in [1.82, 2.24) is 0 Å². The fourth-order valence-corrected chi connectivity index (χ4v) is 2.64. The molecule has 0 radical (unpaired) electrons. The van der Waals surface area contributed by atoms with Gasteiger partial charge in [-0.05, 0) is 59.0 Å². The predicted octanol–water partition coefficient (Wildman–Crippen LogP) is 4.72. The smallest absolute Gasteiger partial charge is 0.175 e. The van der Waals surface area contributed by atoms with Gasteiger partial charge in [-0.3, -0.25) is 0 Å². The molecule has 1 aromatic carbocycles. The molecular weight excluding hydrogens is 336 g/mol. The van der Waals surface area contributed by atoms with E-state index in [0.717, 1.165) is 33.7 Å². The molecule has 102 valence electrons. The number of halogens is 2. The first-order chi connectivity index (χ1) is 8.72. The van der Waals surface area contributed by atoms with E-state index in [-0.39, 0.29) is 0 Å². The molecule has 0 atom stereocenters. The van der Waals surface area contributed by atoms with Crippen molar-refractivity contribution in [3.8, 4) is 11.5 Å². The fourth-order valence-electron chi connectivity index (χ4n) is 1.48. The van der Waals surface area contributed by atoms with Crippen LogP contribution in [0.4, 0.5) is 0 Å². The van der Waals surface area contributed by atoms with Crippen molar-refractivity contribution in [2.24, 2.45) is 0 Å². The highest BCUT2D eigenvalue weighted by Crippen LogP contribution is 2.37. The van der Waals surface area contributed by atoms with E-state index in [1.54, 1.807) is 0 Å². The standard InChI is InChI=1S/C13H18BrClO2S/c1-3-16-12-8-10(9-15)7-11(14)13(12)17-5-4-6-18-2/h7-8H,3-6,9H2,1-2H3. The zero-order chi connectivity index (χ0) is 13.4. The molecule has 0 bridgehead atoms. The maximum absolute atomic E-state index is 5.85. The summed E-state index contributed by atoms with van der Waals surface area (Å²) < 4.78 is 12.3. The Labute approximate surface area is 127 Å². The summed E-state index contributed by atoms with van der Waals surface area (Å²) in [6, 6.07) is 3.91. The van der Waals surface area contributed by atoms with Gasteiger partial charge in [-0.2, -0.15) is 11.8 Å². The Balaban J connectivity index is 2.79. The van der Waals surface area contributed by atoms with Crippen LogP contribution in [-0.2, 0) is 5.88 Å². The average molecular weight is 354 g/mol. The van der Waals surface area contributed by atoms with Gasteiger partial charge in [-0.15, -0.1) is 11.6 Å². The second-order valence-corrected chi connectivity index (χ2v) is 5.77. The van der Waals surface area contributed by atoms with Crippen molar-refractivity contribution in [2.45, 2.75) is 19.2 Å². The van der Waals surface area contributed by atoms with Crippen molar-refractivity contribution in [2.75, 3.05) is 25.2 Å². The van der Waals surface area contributed by atoms with Crippen LogP contribution in [0.5, 0.6) is 11.5 Å². The van der Waals surface area contributed by atoms with Crippen LogP contribution in [0.2, 0.25) is 0 Å². The molecule has 0 N–H and O–H groups in total. The Kier molecular flexibility index (Phi) is 7.95. The lowest BCUT2D eigenvalue weighted by molar-refractivity contribution is 0.276. The summed E-state index contributed by atoms with van der Waals surface area (Å²) in [6.45, 7) is 3.26. The SMILES string of the molecule is CCOc1cc(CCl)cc(Br)c1OCCCSC. The minimum absolute atomic E-state index is 0.464. The summed E-state index contributed by atoms with van der Waals surface area (Å²) >= 11 is 11.2. The molecule has 0 aliphatic rings. The van der Waals surface area contributed by atoms with Gasteiger partial charge in [-0.1, -0.05) is 0 Å². The normalized spacial score (nSPS) is 10.4. The molecule has 0 aliphatic heterocycles. The molecule has 18 heavy (non-hydrogen) atoms. The van der Waals surface area contributed by atoms with Gasteiger partial charge in [0.25, 0.3) is 0 Å². The minimum atomic E-state index is 0.464. The number of thioether (sulfide) groups is 1. The molecule has 0 aliphatic carbocycles. The molecular formula is C13H18BrClO2S. The summed E-state index contributed by atoms with van der Waals surface area (Å²) in [6.07, 6.45) is 3.12. The van der Waals surface area contributed by atoms with Crippen molar-refractivity contribution < 1.29 is 9.47 Å². The lowest BCUT2D eigenvalue weighted by Crippen LogP contribution is -2.03. The van der Waals surface area contributed by atoms with Crippen molar-refractivity contribution in [3.63, 3.8) is 0 Å². The van der Waals surface area contributed by atoms with Crippen LogP contribution < -0.4 is 9.47 Å². The number of ether oxygens (including phenoxy) is 2. The highest BCUT2D eigenvalue weighted by atomic mass is 79.9. The van der Waals surface area contributed by atoms with E-state index in [4.69, 9.17) is 21.1 Å². The van der Waals surface area contributed by atoms with Crippen molar-refractivity contribution >= 4 is 39.3 Å². The Morgan fingerprint density at radius 2 is 2.11 bits per heavy atom. The summed E-state index contributed by atoms with van der Waals surface area (Å²) in [5.74, 6) is 3.09. The topological polar surface area (TPSA) is 18.5 Å². The van der Waals surface area contributed by atoms with Crippen LogP contribution in [0, 0.1) is 0 Å². The fraction of sp³-hybridized carbons (Fsp3) is 0.538. The molecule has 1 aromatic rings. The second kappa shape index (κ2) is 8.94. The van der Waals surface area contributed by atoms with Crippen LogP contribution in [0.25, 0.3) is 0 Å². The van der Waals surface area contributed by atoms with E-state index in [0.29, 0.717) is 19.1 Å². The molecule has 5 heteroatoms. The third kappa shape index (κ3) is 4.90. The number of hydrogen-bond acceptors (Lipinski definition) is 3. The summed E-state index contributed by atoms with van der Waals surface area (Å²) in [5, 5.41) is 0. The largest absolute Gasteiger partial charge is 0.490 e. The first-order valence-electron chi connectivity index (χ1n) is 5.85. The molecule has 0 saturated heterocycles. The quantitative estimate of drug-likeness (QED) is 0.498. The van der Waals surface area contributed by atoms with Gasteiger partial charge in [0.15, 0.2) is 11.5 Å². The molecule has 0 saturated carbocycles. The lowest BCUT2D eigenvalue weighted by Gasteiger charge is -2.14. The molecule has 1 rings (SSSR count). The molecule has 0 unspecified atom stereocenters. The van der Waals surface area contributed by atoms with Crippen LogP contribution in [0.3, 0.4) is 0 Å². The molecule has 0 aromatic heterocycles. The van der Waals surface area contributed by atoms with Gasteiger partial charge >= 0.3 is 0 Å². The number of alkyl halides is 1. The molecule has 0 fully saturated rings. The Morgan fingerprint density at radius 3 is 2.72 bits per heavy atom. The summed E-state index contributed by atoms with van der Waals surface area (Å²) in [4.78, 5) is 0. The maximum Gasteiger partial charge on any atom is 0.175 e. The van der Waals surface area contributed by atoms with E-state index < -0.39 is 0 Å². The van der Waals surface area contributed by atoms with Gasteiger partial charge in [0.2, 0.25) is 0 Å². The Morgan fingerprint density at radius 1 is 1.33 bits per heavy atom. The number of benzene rings is 1. The molecule has 0 heterocycles. The number of hydrogen-bond donors (Lipinski definition) is 0. The van der Waals surface area contributed by atoms with Crippen LogP contribution in [0.1, 0.15) is 18.9 Å². The second-order valence-electron chi connectivity index (χ2n) is 3.67. The Hall–Kier alpha value is -0.0600. The summed E-state index contributed by atoms with van der Waals surface area (Å²) in [5.41, 5.74) is 1.02. The predicted molar refractivity (Wildman–Crippen MR) is 83.4 cm³/mol. The minimum Gasteiger partial charge on any atom is -0.490 e. The van der Waals surface area contributed by atoms with Crippen molar-refractivity contribution in [1.29, 1.82) is 0 Å². The maximum atomic E-state index is 5.85. The first-order valence-corrected chi connectivity index (χ1v) is 8.58. The van der Waals surface area contributed by atoms with E-state index >= 15 is 0 Å². The third-order valence-corrected chi connectivity index (χ3v) is 3.86. The van der Waals surface area contributed by atoms with Crippen LogP contribution in [0.15, 0.2) is 16.6 Å². The first kappa shape index (κ1) is 16.0. The highest BCUT2D eigenvalue weighted by molar-refractivity contribution is 9.10. The van der Waals surface area contributed by atoms with Gasteiger partial charge in [0.05, 0.1) is 17.7 Å². The zero-order valence-electron chi connectivity index (χ0n) is 10.7. The van der Waals surface area contributed by atoms with Gasteiger partial charge in [-0.25, -0.2) is 0 Å². The zero-order valence-corrected chi connectivity index (χ0v) is 13.8. The van der Waals surface area contributed by atoms with Crippen LogP contribution in [-0.4, -0.2) is 25.2 Å². The monoisotopic (exact) mass is 352 g/mol. The van der Waals surface area contributed by atoms with E-state index in [9.17, 15) is 0 Å².